The van der Waals surface area contributed by atoms with Crippen molar-refractivity contribution < 1.29 is 13.6 Å². The zero-order chi connectivity index (χ0) is 13.4. The minimum absolute atomic E-state index is 0.226. The van der Waals surface area contributed by atoms with Crippen molar-refractivity contribution in [3.63, 3.8) is 0 Å². The zero-order valence-electron chi connectivity index (χ0n) is 9.26. The van der Waals surface area contributed by atoms with Crippen LogP contribution in [0, 0.1) is 18.6 Å². The molecule has 1 aromatic heterocycles. The third-order valence-corrected chi connectivity index (χ3v) is 4.28. The fourth-order valence-electron chi connectivity index (χ4n) is 1.50. The van der Waals surface area contributed by atoms with Gasteiger partial charge in [0, 0.05) is 15.4 Å². The average molecular weight is 332 g/mol. The van der Waals surface area contributed by atoms with E-state index in [-0.39, 0.29) is 11.3 Å². The van der Waals surface area contributed by atoms with Crippen molar-refractivity contribution >= 4 is 38.7 Å². The SMILES string of the molecule is Cc1cc(Br)c(C(=O)c2cc(N)c(F)cc2F)s1. The first-order valence-corrected chi connectivity index (χ1v) is 6.56. The van der Waals surface area contributed by atoms with Crippen molar-refractivity contribution in [3.05, 3.63) is 49.6 Å². The van der Waals surface area contributed by atoms with Gasteiger partial charge in [0.25, 0.3) is 0 Å². The van der Waals surface area contributed by atoms with Gasteiger partial charge in [0.1, 0.15) is 11.6 Å². The number of halogens is 3. The lowest BCUT2D eigenvalue weighted by atomic mass is 10.1. The quantitative estimate of drug-likeness (QED) is 0.669. The molecule has 0 radical (unpaired) electrons. The van der Waals surface area contributed by atoms with Crippen LogP contribution in [0.5, 0.6) is 0 Å². The van der Waals surface area contributed by atoms with Crippen LogP contribution in [0.25, 0.3) is 0 Å². The summed E-state index contributed by atoms with van der Waals surface area (Å²) in [6.07, 6.45) is 0. The van der Waals surface area contributed by atoms with E-state index in [2.05, 4.69) is 15.9 Å². The molecule has 0 unspecified atom stereocenters. The predicted molar refractivity (Wildman–Crippen MR) is 71.0 cm³/mol. The molecule has 0 amide bonds. The summed E-state index contributed by atoms with van der Waals surface area (Å²) in [6, 6.07) is 3.41. The molecule has 0 aliphatic carbocycles. The Bertz CT molecular complexity index is 639. The molecule has 0 aliphatic heterocycles. The van der Waals surface area contributed by atoms with E-state index >= 15 is 0 Å². The molecule has 0 saturated heterocycles. The number of benzene rings is 1. The summed E-state index contributed by atoms with van der Waals surface area (Å²) < 4.78 is 27.2. The van der Waals surface area contributed by atoms with Crippen LogP contribution in [-0.4, -0.2) is 5.78 Å². The van der Waals surface area contributed by atoms with Gasteiger partial charge in [0.05, 0.1) is 16.1 Å². The number of thiophene rings is 1. The zero-order valence-corrected chi connectivity index (χ0v) is 11.7. The number of carbonyl (C=O) groups excluding carboxylic acids is 1. The largest absolute Gasteiger partial charge is 0.396 e. The maximum Gasteiger partial charge on any atom is 0.207 e. The van der Waals surface area contributed by atoms with Crippen molar-refractivity contribution in [1.82, 2.24) is 0 Å². The summed E-state index contributed by atoms with van der Waals surface area (Å²) in [5.74, 6) is -2.29. The maximum atomic E-state index is 13.6. The minimum Gasteiger partial charge on any atom is -0.396 e. The van der Waals surface area contributed by atoms with Gasteiger partial charge in [-0.25, -0.2) is 8.78 Å². The van der Waals surface area contributed by atoms with Crippen LogP contribution in [0.2, 0.25) is 0 Å². The monoisotopic (exact) mass is 331 g/mol. The van der Waals surface area contributed by atoms with E-state index in [0.717, 1.165) is 10.9 Å². The number of nitrogens with two attached hydrogens (primary N) is 1. The van der Waals surface area contributed by atoms with E-state index < -0.39 is 17.4 Å². The molecule has 18 heavy (non-hydrogen) atoms. The molecular weight excluding hydrogens is 324 g/mol. The molecule has 0 spiro atoms. The highest BCUT2D eigenvalue weighted by molar-refractivity contribution is 9.10. The van der Waals surface area contributed by atoms with E-state index in [0.29, 0.717) is 15.4 Å². The molecule has 0 aliphatic rings. The first-order chi connectivity index (χ1) is 8.40. The summed E-state index contributed by atoms with van der Waals surface area (Å²) in [5, 5.41) is 0. The molecule has 0 bridgehead atoms. The van der Waals surface area contributed by atoms with E-state index in [4.69, 9.17) is 5.73 Å². The Labute approximate surface area is 115 Å². The van der Waals surface area contributed by atoms with Gasteiger partial charge >= 0.3 is 0 Å². The number of carbonyl (C=O) groups is 1. The highest BCUT2D eigenvalue weighted by atomic mass is 79.9. The summed E-state index contributed by atoms with van der Waals surface area (Å²) in [5.41, 5.74) is 4.87. The average Bonchev–Trinajstić information content (AvgIpc) is 2.62. The molecule has 2 nitrogen and oxygen atoms in total. The Balaban J connectivity index is 2.53. The summed E-state index contributed by atoms with van der Waals surface area (Å²) in [4.78, 5) is 13.4. The lowest BCUT2D eigenvalue weighted by Gasteiger charge is -2.04. The molecule has 1 heterocycles. The highest BCUT2D eigenvalue weighted by Crippen LogP contribution is 2.30. The lowest BCUT2D eigenvalue weighted by Crippen LogP contribution is -2.05. The number of anilines is 1. The van der Waals surface area contributed by atoms with Gasteiger partial charge in [-0.05, 0) is 35.0 Å². The molecular formula is C12H8BrF2NOS. The standard InChI is InChI=1S/C12H8BrF2NOS/c1-5-2-7(13)12(18-5)11(17)6-3-10(16)9(15)4-8(6)14/h2-4H,16H2,1H3. The Morgan fingerprint density at radius 2 is 1.94 bits per heavy atom. The fourth-order valence-corrected chi connectivity index (χ4v) is 3.28. The molecule has 0 atom stereocenters. The molecule has 94 valence electrons. The molecule has 6 heteroatoms. The third-order valence-electron chi connectivity index (χ3n) is 2.35. The van der Waals surface area contributed by atoms with E-state index in [1.807, 2.05) is 6.92 Å². The summed E-state index contributed by atoms with van der Waals surface area (Å²) >= 11 is 4.47. The number of hydrogen-bond donors (Lipinski definition) is 1. The van der Waals surface area contributed by atoms with Gasteiger partial charge in [0.2, 0.25) is 5.78 Å². The molecule has 2 rings (SSSR count). The smallest absolute Gasteiger partial charge is 0.207 e. The second-order valence-electron chi connectivity index (χ2n) is 3.72. The van der Waals surface area contributed by atoms with Crippen LogP contribution in [-0.2, 0) is 0 Å². The first kappa shape index (κ1) is 13.2. The number of aryl methyl sites for hydroxylation is 1. The first-order valence-electron chi connectivity index (χ1n) is 4.95. The number of ketones is 1. The Morgan fingerprint density at radius 1 is 1.28 bits per heavy atom. The fraction of sp³-hybridized carbons (Fsp3) is 0.0833. The number of rotatable bonds is 2. The van der Waals surface area contributed by atoms with E-state index in [1.54, 1.807) is 6.07 Å². The lowest BCUT2D eigenvalue weighted by molar-refractivity contribution is 0.103. The van der Waals surface area contributed by atoms with Gasteiger partial charge < -0.3 is 5.73 Å². The number of nitrogen functional groups attached to an aromatic ring is 1. The van der Waals surface area contributed by atoms with Gasteiger partial charge in [-0.15, -0.1) is 11.3 Å². The molecule has 0 fully saturated rings. The Morgan fingerprint density at radius 3 is 2.50 bits per heavy atom. The molecule has 1 aromatic carbocycles. The summed E-state index contributed by atoms with van der Waals surface area (Å²) in [6.45, 7) is 1.83. The van der Waals surface area contributed by atoms with Gasteiger partial charge in [-0.3, -0.25) is 4.79 Å². The Kier molecular flexibility index (Phi) is 3.49. The van der Waals surface area contributed by atoms with Crippen molar-refractivity contribution in [2.75, 3.05) is 5.73 Å². The van der Waals surface area contributed by atoms with Crippen molar-refractivity contribution in [1.29, 1.82) is 0 Å². The van der Waals surface area contributed by atoms with Crippen LogP contribution in [0.3, 0.4) is 0 Å². The number of hydrogen-bond acceptors (Lipinski definition) is 3. The predicted octanol–water partition coefficient (Wildman–Crippen LogP) is 3.91. The van der Waals surface area contributed by atoms with Crippen molar-refractivity contribution in [2.24, 2.45) is 0 Å². The maximum absolute atomic E-state index is 13.6. The van der Waals surface area contributed by atoms with Gasteiger partial charge in [-0.2, -0.15) is 0 Å². The van der Waals surface area contributed by atoms with E-state index in [1.165, 1.54) is 11.3 Å². The van der Waals surface area contributed by atoms with Crippen LogP contribution >= 0.6 is 27.3 Å². The van der Waals surface area contributed by atoms with Gasteiger partial charge in [-0.1, -0.05) is 0 Å². The van der Waals surface area contributed by atoms with Crippen molar-refractivity contribution in [3.8, 4) is 0 Å². The van der Waals surface area contributed by atoms with Crippen LogP contribution in [0.15, 0.2) is 22.7 Å². The normalized spacial score (nSPS) is 10.7. The van der Waals surface area contributed by atoms with Gasteiger partial charge in [0.15, 0.2) is 0 Å². The molecule has 2 aromatic rings. The topological polar surface area (TPSA) is 43.1 Å². The second kappa shape index (κ2) is 4.78. The van der Waals surface area contributed by atoms with Crippen LogP contribution in [0.4, 0.5) is 14.5 Å². The third kappa shape index (κ3) is 2.30. The van der Waals surface area contributed by atoms with E-state index in [9.17, 15) is 13.6 Å². The second-order valence-corrected chi connectivity index (χ2v) is 5.83. The Hall–Kier alpha value is -1.27. The molecule has 0 saturated carbocycles. The highest BCUT2D eigenvalue weighted by Gasteiger charge is 2.20. The summed E-state index contributed by atoms with van der Waals surface area (Å²) in [7, 11) is 0. The van der Waals surface area contributed by atoms with Crippen LogP contribution < -0.4 is 5.73 Å². The minimum atomic E-state index is -0.912. The molecule has 2 N–H and O–H groups in total. The van der Waals surface area contributed by atoms with Crippen LogP contribution in [0.1, 0.15) is 20.1 Å². The van der Waals surface area contributed by atoms with Crippen molar-refractivity contribution in [2.45, 2.75) is 6.92 Å².